The first-order chi connectivity index (χ1) is 13.8. The monoisotopic (exact) mass is 389 g/mol. The number of hydrogen-bond acceptors (Lipinski definition) is 2. The van der Waals surface area contributed by atoms with Gasteiger partial charge < -0.3 is 5.32 Å². The highest BCUT2D eigenvalue weighted by Gasteiger charge is 2.24. The zero-order chi connectivity index (χ0) is 20.9. The van der Waals surface area contributed by atoms with Gasteiger partial charge in [0.15, 0.2) is 0 Å². The number of nitrogens with zero attached hydrogens (tertiary/aromatic N) is 2. The molecule has 1 aliphatic carbocycles. The van der Waals surface area contributed by atoms with Crippen LogP contribution in [0.3, 0.4) is 0 Å². The van der Waals surface area contributed by atoms with E-state index in [-0.39, 0.29) is 11.3 Å². The summed E-state index contributed by atoms with van der Waals surface area (Å²) in [4.78, 5) is 22.8. The molecule has 1 aliphatic rings. The molecule has 152 valence electrons. The predicted octanol–water partition coefficient (Wildman–Crippen LogP) is 5.56. The van der Waals surface area contributed by atoms with Crippen LogP contribution in [0, 0.1) is 12.3 Å². The Morgan fingerprint density at radius 2 is 1.55 bits per heavy atom. The third-order valence-electron chi connectivity index (χ3n) is 5.11. The second-order valence-corrected chi connectivity index (χ2v) is 8.79. The van der Waals surface area contributed by atoms with Gasteiger partial charge in [0, 0.05) is 16.5 Å². The van der Waals surface area contributed by atoms with Crippen LogP contribution in [-0.2, 0) is 0 Å². The van der Waals surface area contributed by atoms with Crippen molar-refractivity contribution in [3.63, 3.8) is 0 Å². The van der Waals surface area contributed by atoms with Gasteiger partial charge in [-0.1, -0.05) is 81.6 Å². The number of amidine groups is 2. The molecule has 1 N–H and O–H groups in total. The van der Waals surface area contributed by atoms with Gasteiger partial charge in [-0.05, 0) is 31.9 Å². The molecule has 0 spiro atoms. The van der Waals surface area contributed by atoms with Gasteiger partial charge in [-0.25, -0.2) is 4.99 Å². The van der Waals surface area contributed by atoms with E-state index >= 15 is 0 Å². The third kappa shape index (κ3) is 5.86. The molecule has 2 aromatic rings. The predicted molar refractivity (Wildman–Crippen MR) is 121 cm³/mol. The fourth-order valence-corrected chi connectivity index (χ4v) is 3.35. The van der Waals surface area contributed by atoms with E-state index in [1.165, 1.54) is 12.8 Å². The summed E-state index contributed by atoms with van der Waals surface area (Å²) in [6.45, 7) is 8.37. The normalized spacial score (nSPS) is 16.1. The molecule has 29 heavy (non-hydrogen) atoms. The van der Waals surface area contributed by atoms with Crippen molar-refractivity contribution in [3.8, 4) is 0 Å². The van der Waals surface area contributed by atoms with Crippen LogP contribution in [0.1, 0.15) is 67.9 Å². The molecule has 1 saturated carbocycles. The molecule has 0 saturated heterocycles. The molecule has 1 fully saturated rings. The first kappa shape index (κ1) is 21.0. The van der Waals surface area contributed by atoms with Gasteiger partial charge in [0.25, 0.3) is 5.91 Å². The van der Waals surface area contributed by atoms with Crippen LogP contribution in [0.4, 0.5) is 0 Å². The Balaban J connectivity index is 1.97. The summed E-state index contributed by atoms with van der Waals surface area (Å²) >= 11 is 0. The van der Waals surface area contributed by atoms with Crippen molar-refractivity contribution in [2.45, 2.75) is 59.4 Å². The fraction of sp³-hybridized carbons (Fsp3) is 0.400. The summed E-state index contributed by atoms with van der Waals surface area (Å²) in [5, 5.41) is 3.03. The lowest BCUT2D eigenvalue weighted by Crippen LogP contribution is -2.34. The van der Waals surface area contributed by atoms with E-state index < -0.39 is 0 Å². The molecule has 0 bridgehead atoms. The molecule has 1 amide bonds. The number of hydrogen-bond donors (Lipinski definition) is 1. The van der Waals surface area contributed by atoms with Crippen molar-refractivity contribution in [1.82, 2.24) is 5.32 Å². The number of amides is 1. The Labute approximate surface area is 174 Å². The van der Waals surface area contributed by atoms with Crippen molar-refractivity contribution in [1.29, 1.82) is 0 Å². The van der Waals surface area contributed by atoms with Crippen LogP contribution in [-0.4, -0.2) is 23.6 Å². The lowest BCUT2D eigenvalue weighted by Gasteiger charge is -2.21. The molecule has 4 nitrogen and oxygen atoms in total. The standard InChI is InChI=1S/C25H31N3O/c1-18-14-16-20(17-15-18)23(29)27-22(19-10-6-5-7-11-19)28-24(25(2,3)4)26-21-12-8-9-13-21/h5-7,10-11,14-17,21H,8-9,12-13H2,1-4H3,(H,26,27,28,29). The van der Waals surface area contributed by atoms with Gasteiger partial charge in [0.05, 0.1) is 6.04 Å². The first-order valence-corrected chi connectivity index (χ1v) is 10.4. The van der Waals surface area contributed by atoms with Gasteiger partial charge in [-0.15, -0.1) is 0 Å². The molecule has 3 rings (SSSR count). The summed E-state index contributed by atoms with van der Waals surface area (Å²) in [7, 11) is 0. The van der Waals surface area contributed by atoms with E-state index in [1.807, 2.05) is 61.5 Å². The second-order valence-electron chi connectivity index (χ2n) is 8.79. The van der Waals surface area contributed by atoms with Gasteiger partial charge in [0.2, 0.25) is 0 Å². The molecule has 2 aromatic carbocycles. The highest BCUT2D eigenvalue weighted by Crippen LogP contribution is 2.25. The Bertz CT molecular complexity index is 884. The molecule has 0 radical (unpaired) electrons. The van der Waals surface area contributed by atoms with Crippen molar-refractivity contribution < 1.29 is 4.79 Å². The molecule has 0 aromatic heterocycles. The molecular weight excluding hydrogens is 358 g/mol. The highest BCUT2D eigenvalue weighted by atomic mass is 16.1. The van der Waals surface area contributed by atoms with Crippen LogP contribution < -0.4 is 5.32 Å². The van der Waals surface area contributed by atoms with Crippen molar-refractivity contribution in [3.05, 3.63) is 71.3 Å². The molecular formula is C25H31N3O. The average Bonchev–Trinajstić information content (AvgIpc) is 3.20. The smallest absolute Gasteiger partial charge is 0.256 e. The Morgan fingerprint density at radius 1 is 0.931 bits per heavy atom. The number of aliphatic imine (C=N–C) groups is 2. The van der Waals surface area contributed by atoms with Crippen LogP contribution in [0.5, 0.6) is 0 Å². The van der Waals surface area contributed by atoms with Crippen LogP contribution in [0.25, 0.3) is 0 Å². The zero-order valence-electron chi connectivity index (χ0n) is 17.9. The van der Waals surface area contributed by atoms with Crippen LogP contribution in [0.2, 0.25) is 0 Å². The second kappa shape index (κ2) is 9.17. The average molecular weight is 390 g/mol. The third-order valence-corrected chi connectivity index (χ3v) is 5.11. The number of carbonyl (C=O) groups is 1. The van der Waals surface area contributed by atoms with Crippen LogP contribution >= 0.6 is 0 Å². The summed E-state index contributed by atoms with van der Waals surface area (Å²) in [5.41, 5.74) is 2.40. The molecule has 0 heterocycles. The molecule has 0 unspecified atom stereocenters. The molecule has 4 heteroatoms. The van der Waals surface area contributed by atoms with Crippen molar-refractivity contribution in [2.24, 2.45) is 15.4 Å². The quantitative estimate of drug-likeness (QED) is 0.542. The fourth-order valence-electron chi connectivity index (χ4n) is 3.35. The van der Waals surface area contributed by atoms with Gasteiger partial charge >= 0.3 is 0 Å². The van der Waals surface area contributed by atoms with E-state index in [1.54, 1.807) is 0 Å². The maximum atomic E-state index is 12.9. The Kier molecular flexibility index (Phi) is 6.63. The first-order valence-electron chi connectivity index (χ1n) is 10.4. The minimum absolute atomic E-state index is 0.165. The van der Waals surface area contributed by atoms with Gasteiger partial charge in [-0.3, -0.25) is 9.79 Å². The SMILES string of the molecule is Cc1ccc(C(=O)NC(=NC(=NC2CCCC2)C(C)(C)C)c2ccccc2)cc1. The van der Waals surface area contributed by atoms with Crippen LogP contribution in [0.15, 0.2) is 64.6 Å². The molecule has 0 aliphatic heterocycles. The van der Waals surface area contributed by atoms with Gasteiger partial charge in [-0.2, -0.15) is 0 Å². The number of aryl methyl sites for hydroxylation is 1. The number of rotatable bonds is 3. The summed E-state index contributed by atoms with van der Waals surface area (Å²) < 4.78 is 0. The lowest BCUT2D eigenvalue weighted by atomic mass is 9.94. The lowest BCUT2D eigenvalue weighted by molar-refractivity contribution is 0.0977. The van der Waals surface area contributed by atoms with E-state index in [2.05, 4.69) is 26.1 Å². The van der Waals surface area contributed by atoms with E-state index in [9.17, 15) is 4.79 Å². The van der Waals surface area contributed by atoms with Gasteiger partial charge in [0.1, 0.15) is 11.7 Å². The number of nitrogens with one attached hydrogen (secondary N) is 1. The van der Waals surface area contributed by atoms with Crippen molar-refractivity contribution in [2.75, 3.05) is 0 Å². The number of benzene rings is 2. The van der Waals surface area contributed by atoms with Crippen molar-refractivity contribution >= 4 is 17.6 Å². The van der Waals surface area contributed by atoms with E-state index in [4.69, 9.17) is 9.98 Å². The largest absolute Gasteiger partial charge is 0.306 e. The topological polar surface area (TPSA) is 53.8 Å². The van der Waals surface area contributed by atoms with E-state index in [0.29, 0.717) is 17.4 Å². The summed E-state index contributed by atoms with van der Waals surface area (Å²) in [6.07, 6.45) is 4.69. The Hall–Kier alpha value is -2.75. The Morgan fingerprint density at radius 3 is 2.14 bits per heavy atom. The minimum atomic E-state index is -0.211. The minimum Gasteiger partial charge on any atom is -0.306 e. The molecule has 0 atom stereocenters. The number of carbonyl (C=O) groups excluding carboxylic acids is 1. The summed E-state index contributed by atoms with van der Waals surface area (Å²) in [6, 6.07) is 17.7. The maximum absolute atomic E-state index is 12.9. The van der Waals surface area contributed by atoms with E-state index in [0.717, 1.165) is 29.8 Å². The highest BCUT2D eigenvalue weighted by molar-refractivity contribution is 6.16. The maximum Gasteiger partial charge on any atom is 0.256 e. The zero-order valence-corrected chi connectivity index (χ0v) is 17.9. The summed E-state index contributed by atoms with van der Waals surface area (Å²) in [5.74, 6) is 1.16.